The molecule has 2 aromatic heterocycles. The summed E-state index contributed by atoms with van der Waals surface area (Å²) in [7, 11) is 1.63. The average Bonchev–Trinajstić information content (AvgIpc) is 2.98. The van der Waals surface area contributed by atoms with Crippen molar-refractivity contribution in [2.24, 2.45) is 0 Å². The predicted octanol–water partition coefficient (Wildman–Crippen LogP) is 1.56. The molecule has 2 aromatic rings. The zero-order valence-corrected chi connectivity index (χ0v) is 11.6. The number of aromatic nitrogens is 3. The van der Waals surface area contributed by atoms with Gasteiger partial charge in [0.1, 0.15) is 12.3 Å². The molecule has 2 heterocycles. The molecule has 1 N–H and O–H groups in total. The molecule has 0 spiro atoms. The fraction of sp³-hybridized carbons (Fsp3) is 0.538. The molecule has 0 saturated carbocycles. The maximum Gasteiger partial charge on any atom is 0.162 e. The van der Waals surface area contributed by atoms with Crippen molar-refractivity contribution in [3.05, 3.63) is 35.7 Å². The van der Waals surface area contributed by atoms with Crippen molar-refractivity contribution >= 4 is 0 Å². The second-order valence-electron chi connectivity index (χ2n) is 4.79. The van der Waals surface area contributed by atoms with Crippen LogP contribution in [0.5, 0.6) is 0 Å². The van der Waals surface area contributed by atoms with Crippen molar-refractivity contribution < 1.29 is 9.26 Å². The molecule has 6 heteroatoms. The smallest absolute Gasteiger partial charge is 0.162 e. The number of nitrogens with zero attached hydrogens (tertiary/aromatic N) is 3. The monoisotopic (exact) mass is 264 g/mol. The standard InChI is InChI=1S/C13H20N4O2/c1-10(2)14-5-12-7-17(9-15-12)6-11-4-13(8-18-3)19-16-11/h4,7,9-10,14H,5-6,8H2,1-3H3. The maximum atomic E-state index is 5.14. The van der Waals surface area contributed by atoms with E-state index < -0.39 is 0 Å². The fourth-order valence-electron chi connectivity index (χ4n) is 1.72. The highest BCUT2D eigenvalue weighted by atomic mass is 16.5. The summed E-state index contributed by atoms with van der Waals surface area (Å²) >= 11 is 0. The van der Waals surface area contributed by atoms with Crippen LogP contribution in [0, 0.1) is 0 Å². The molecule has 0 aliphatic rings. The van der Waals surface area contributed by atoms with E-state index in [0.29, 0.717) is 19.2 Å². The van der Waals surface area contributed by atoms with Gasteiger partial charge in [-0.05, 0) is 0 Å². The topological polar surface area (TPSA) is 65.1 Å². The van der Waals surface area contributed by atoms with Gasteiger partial charge < -0.3 is 19.1 Å². The van der Waals surface area contributed by atoms with Gasteiger partial charge in [-0.3, -0.25) is 0 Å². The SMILES string of the molecule is COCc1cc(Cn2cnc(CNC(C)C)c2)no1. The van der Waals surface area contributed by atoms with Crippen LogP contribution < -0.4 is 5.32 Å². The normalized spacial score (nSPS) is 11.4. The van der Waals surface area contributed by atoms with E-state index in [2.05, 4.69) is 29.3 Å². The van der Waals surface area contributed by atoms with E-state index in [1.807, 2.05) is 23.2 Å². The van der Waals surface area contributed by atoms with Crippen LogP contribution in [-0.4, -0.2) is 27.9 Å². The third-order valence-corrected chi connectivity index (χ3v) is 2.62. The number of methoxy groups -OCH3 is 1. The molecule has 6 nitrogen and oxygen atoms in total. The lowest BCUT2D eigenvalue weighted by atomic mass is 10.3. The minimum Gasteiger partial charge on any atom is -0.377 e. The van der Waals surface area contributed by atoms with E-state index in [9.17, 15) is 0 Å². The molecule has 104 valence electrons. The first-order valence-electron chi connectivity index (χ1n) is 6.35. The minimum atomic E-state index is 0.445. The molecule has 2 rings (SSSR count). The Labute approximate surface area is 112 Å². The lowest BCUT2D eigenvalue weighted by molar-refractivity contribution is 0.155. The van der Waals surface area contributed by atoms with Crippen LogP contribution in [0.15, 0.2) is 23.1 Å². The summed E-state index contributed by atoms with van der Waals surface area (Å²) in [6, 6.07) is 2.35. The molecule has 0 aliphatic carbocycles. The third-order valence-electron chi connectivity index (χ3n) is 2.62. The Morgan fingerprint density at radius 2 is 2.26 bits per heavy atom. The molecule has 0 amide bonds. The number of ether oxygens (including phenoxy) is 1. The molecule has 0 bridgehead atoms. The number of nitrogens with one attached hydrogen (secondary N) is 1. The zero-order chi connectivity index (χ0) is 13.7. The van der Waals surface area contributed by atoms with Gasteiger partial charge in [0.05, 0.1) is 18.6 Å². The quantitative estimate of drug-likeness (QED) is 0.822. The molecule has 0 aliphatic heterocycles. The maximum absolute atomic E-state index is 5.14. The van der Waals surface area contributed by atoms with Crippen LogP contribution in [-0.2, 0) is 24.4 Å². The predicted molar refractivity (Wildman–Crippen MR) is 70.5 cm³/mol. The number of imidazole rings is 1. The van der Waals surface area contributed by atoms with Gasteiger partial charge in [-0.15, -0.1) is 0 Å². The fourth-order valence-corrected chi connectivity index (χ4v) is 1.72. The molecule has 0 radical (unpaired) electrons. The van der Waals surface area contributed by atoms with Gasteiger partial charge in [0.15, 0.2) is 5.76 Å². The lowest BCUT2D eigenvalue weighted by Gasteiger charge is -2.04. The minimum absolute atomic E-state index is 0.445. The largest absolute Gasteiger partial charge is 0.377 e. The number of hydrogen-bond acceptors (Lipinski definition) is 5. The molecular formula is C13H20N4O2. The number of rotatable bonds is 7. The third kappa shape index (κ3) is 4.18. The van der Waals surface area contributed by atoms with Crippen molar-refractivity contribution in [2.75, 3.05) is 7.11 Å². The van der Waals surface area contributed by atoms with Crippen LogP contribution in [0.2, 0.25) is 0 Å². The Morgan fingerprint density at radius 1 is 1.42 bits per heavy atom. The Morgan fingerprint density at radius 3 is 3.00 bits per heavy atom. The first-order chi connectivity index (χ1) is 9.17. The van der Waals surface area contributed by atoms with Gasteiger partial charge in [0.2, 0.25) is 0 Å². The van der Waals surface area contributed by atoms with Gasteiger partial charge in [-0.2, -0.15) is 0 Å². The number of hydrogen-bond donors (Lipinski definition) is 1. The summed E-state index contributed by atoms with van der Waals surface area (Å²) in [5.41, 5.74) is 1.89. The molecule has 19 heavy (non-hydrogen) atoms. The van der Waals surface area contributed by atoms with E-state index in [1.54, 1.807) is 7.11 Å². The first-order valence-corrected chi connectivity index (χ1v) is 6.35. The Hall–Kier alpha value is -1.66. The first kappa shape index (κ1) is 13.8. The highest BCUT2D eigenvalue weighted by Gasteiger charge is 2.06. The summed E-state index contributed by atoms with van der Waals surface area (Å²) in [6.45, 7) is 6.11. The molecule has 0 aromatic carbocycles. The molecule has 0 fully saturated rings. The van der Waals surface area contributed by atoms with Crippen molar-refractivity contribution in [1.82, 2.24) is 20.0 Å². The van der Waals surface area contributed by atoms with Gasteiger partial charge >= 0.3 is 0 Å². The molecule has 0 saturated heterocycles. The Kier molecular flexibility index (Phi) is 4.70. The highest BCUT2D eigenvalue weighted by molar-refractivity contribution is 5.06. The molecular weight excluding hydrogens is 244 g/mol. The van der Waals surface area contributed by atoms with E-state index >= 15 is 0 Å². The summed E-state index contributed by atoms with van der Waals surface area (Å²) in [6.07, 6.45) is 3.82. The summed E-state index contributed by atoms with van der Waals surface area (Å²) in [5.74, 6) is 0.735. The van der Waals surface area contributed by atoms with E-state index in [4.69, 9.17) is 9.26 Å². The van der Waals surface area contributed by atoms with Gasteiger partial charge in [-0.25, -0.2) is 4.98 Å². The average molecular weight is 264 g/mol. The van der Waals surface area contributed by atoms with E-state index in [0.717, 1.165) is 23.7 Å². The van der Waals surface area contributed by atoms with Crippen molar-refractivity contribution in [3.8, 4) is 0 Å². The van der Waals surface area contributed by atoms with Crippen LogP contribution in [0.4, 0.5) is 0 Å². The van der Waals surface area contributed by atoms with E-state index in [-0.39, 0.29) is 0 Å². The molecule has 0 unspecified atom stereocenters. The van der Waals surface area contributed by atoms with E-state index in [1.165, 1.54) is 0 Å². The van der Waals surface area contributed by atoms with Crippen LogP contribution in [0.3, 0.4) is 0 Å². The summed E-state index contributed by atoms with van der Waals surface area (Å²) in [4.78, 5) is 4.34. The Balaban J connectivity index is 1.91. The van der Waals surface area contributed by atoms with Gasteiger partial charge in [0, 0.05) is 32.0 Å². The van der Waals surface area contributed by atoms with Crippen molar-refractivity contribution in [3.63, 3.8) is 0 Å². The second kappa shape index (κ2) is 6.49. The summed E-state index contributed by atoms with van der Waals surface area (Å²) in [5, 5.41) is 7.33. The van der Waals surface area contributed by atoms with Crippen molar-refractivity contribution in [2.45, 2.75) is 39.6 Å². The molecule has 0 atom stereocenters. The second-order valence-corrected chi connectivity index (χ2v) is 4.79. The lowest BCUT2D eigenvalue weighted by Crippen LogP contribution is -2.21. The van der Waals surface area contributed by atoms with Gasteiger partial charge in [-0.1, -0.05) is 19.0 Å². The van der Waals surface area contributed by atoms with Crippen molar-refractivity contribution in [1.29, 1.82) is 0 Å². The zero-order valence-electron chi connectivity index (χ0n) is 11.6. The van der Waals surface area contributed by atoms with Crippen LogP contribution in [0.1, 0.15) is 31.0 Å². The highest BCUT2D eigenvalue weighted by Crippen LogP contribution is 2.07. The van der Waals surface area contributed by atoms with Crippen LogP contribution >= 0.6 is 0 Å². The van der Waals surface area contributed by atoms with Crippen LogP contribution in [0.25, 0.3) is 0 Å². The Bertz CT molecular complexity index is 504. The summed E-state index contributed by atoms with van der Waals surface area (Å²) < 4.78 is 12.1. The van der Waals surface area contributed by atoms with Gasteiger partial charge in [0.25, 0.3) is 0 Å².